The molecule has 4 aromatic rings. The monoisotopic (exact) mass is 509 g/mol. The van der Waals surface area contributed by atoms with Gasteiger partial charge in [0.1, 0.15) is 5.82 Å². The molecule has 0 atom stereocenters. The predicted octanol–water partition coefficient (Wildman–Crippen LogP) is 4.20. The van der Waals surface area contributed by atoms with Crippen molar-refractivity contribution in [2.75, 3.05) is 12.3 Å². The minimum atomic E-state index is -0.412. The van der Waals surface area contributed by atoms with Gasteiger partial charge in [0.05, 0.1) is 16.7 Å². The summed E-state index contributed by atoms with van der Waals surface area (Å²) in [4.78, 5) is 38.8. The third-order valence-corrected chi connectivity index (χ3v) is 6.48. The van der Waals surface area contributed by atoms with E-state index in [0.717, 1.165) is 0 Å². The van der Waals surface area contributed by atoms with Crippen molar-refractivity contribution < 1.29 is 14.0 Å². The van der Waals surface area contributed by atoms with Gasteiger partial charge in [-0.1, -0.05) is 39.5 Å². The molecular weight excluding hydrogens is 481 g/mol. The van der Waals surface area contributed by atoms with Gasteiger partial charge < -0.3 is 5.32 Å². The molecule has 0 saturated heterocycles. The molecule has 36 heavy (non-hydrogen) atoms. The molecule has 0 unspecified atom stereocenters. The van der Waals surface area contributed by atoms with E-state index >= 15 is 0 Å². The molecule has 188 valence electrons. The molecule has 0 fully saturated rings. The highest BCUT2D eigenvalue weighted by Gasteiger charge is 2.20. The number of amides is 1. The van der Waals surface area contributed by atoms with Crippen LogP contribution in [0.4, 0.5) is 4.39 Å². The number of hydrogen-bond donors (Lipinski definition) is 1. The first-order valence-corrected chi connectivity index (χ1v) is 12.8. The summed E-state index contributed by atoms with van der Waals surface area (Å²) in [5.74, 6) is 0.0280. The van der Waals surface area contributed by atoms with E-state index in [-0.39, 0.29) is 28.9 Å². The minimum Gasteiger partial charge on any atom is -0.352 e. The SMILES string of the molecule is CC(C)CNC(=O)c1ccc2c(=O)n(CC(C)C)c3nnc(SCC(=O)c4ccc(F)cc4)n3c2c1. The van der Waals surface area contributed by atoms with Crippen LogP contribution in [0.25, 0.3) is 16.7 Å². The summed E-state index contributed by atoms with van der Waals surface area (Å²) < 4.78 is 16.5. The first-order valence-electron chi connectivity index (χ1n) is 11.8. The minimum absolute atomic E-state index is 0.0474. The number of benzene rings is 2. The van der Waals surface area contributed by atoms with Crippen molar-refractivity contribution in [3.63, 3.8) is 0 Å². The molecule has 8 nitrogen and oxygen atoms in total. The maximum absolute atomic E-state index is 13.4. The number of carbonyl (C=O) groups excluding carboxylic acids is 2. The van der Waals surface area contributed by atoms with E-state index in [1.807, 2.05) is 27.7 Å². The van der Waals surface area contributed by atoms with Crippen LogP contribution in [0.2, 0.25) is 0 Å². The quantitative estimate of drug-likeness (QED) is 0.268. The Kier molecular flexibility index (Phi) is 7.53. The van der Waals surface area contributed by atoms with Crippen molar-refractivity contribution in [3.05, 3.63) is 69.8 Å². The highest BCUT2D eigenvalue weighted by Crippen LogP contribution is 2.24. The number of nitrogens with zero attached hydrogens (tertiary/aromatic N) is 4. The fraction of sp³-hybridized carbons (Fsp3) is 0.346. The number of hydrogen-bond acceptors (Lipinski definition) is 6. The molecular formula is C26H28FN5O3S. The van der Waals surface area contributed by atoms with Crippen LogP contribution in [0, 0.1) is 17.7 Å². The number of fused-ring (bicyclic) bond motifs is 3. The van der Waals surface area contributed by atoms with Crippen LogP contribution >= 0.6 is 11.8 Å². The van der Waals surface area contributed by atoms with Gasteiger partial charge in [-0.3, -0.25) is 23.4 Å². The van der Waals surface area contributed by atoms with Gasteiger partial charge in [0, 0.05) is 24.2 Å². The molecule has 0 radical (unpaired) electrons. The molecule has 1 amide bonds. The van der Waals surface area contributed by atoms with Gasteiger partial charge in [-0.15, -0.1) is 10.2 Å². The summed E-state index contributed by atoms with van der Waals surface area (Å²) in [7, 11) is 0. The Morgan fingerprint density at radius 2 is 1.69 bits per heavy atom. The predicted molar refractivity (Wildman–Crippen MR) is 138 cm³/mol. The zero-order valence-electron chi connectivity index (χ0n) is 20.6. The summed E-state index contributed by atoms with van der Waals surface area (Å²) in [5.41, 5.74) is 1.08. The first-order chi connectivity index (χ1) is 17.2. The lowest BCUT2D eigenvalue weighted by atomic mass is 10.1. The molecule has 0 aliphatic rings. The van der Waals surface area contributed by atoms with E-state index in [9.17, 15) is 18.8 Å². The highest BCUT2D eigenvalue weighted by molar-refractivity contribution is 7.99. The van der Waals surface area contributed by atoms with Crippen molar-refractivity contribution in [1.82, 2.24) is 24.5 Å². The summed E-state index contributed by atoms with van der Waals surface area (Å²) >= 11 is 1.17. The second-order valence-corrected chi connectivity index (χ2v) is 10.4. The van der Waals surface area contributed by atoms with Crippen molar-refractivity contribution in [2.24, 2.45) is 11.8 Å². The third-order valence-electron chi connectivity index (χ3n) is 5.55. The normalized spacial score (nSPS) is 11.6. The number of thioether (sulfide) groups is 1. The molecule has 1 N–H and O–H groups in total. The molecule has 0 aliphatic carbocycles. The molecule has 2 aromatic carbocycles. The van der Waals surface area contributed by atoms with E-state index in [2.05, 4.69) is 15.5 Å². The van der Waals surface area contributed by atoms with Crippen molar-refractivity contribution >= 4 is 40.1 Å². The Morgan fingerprint density at radius 1 is 1.00 bits per heavy atom. The van der Waals surface area contributed by atoms with Gasteiger partial charge >= 0.3 is 0 Å². The molecule has 4 rings (SSSR count). The van der Waals surface area contributed by atoms with E-state index in [0.29, 0.717) is 52.0 Å². The number of halogens is 1. The fourth-order valence-corrected chi connectivity index (χ4v) is 4.63. The topological polar surface area (TPSA) is 98.4 Å². The van der Waals surface area contributed by atoms with Crippen LogP contribution in [0.3, 0.4) is 0 Å². The van der Waals surface area contributed by atoms with E-state index in [1.54, 1.807) is 27.2 Å². The number of carbonyl (C=O) groups is 2. The van der Waals surface area contributed by atoms with Gasteiger partial charge in [-0.25, -0.2) is 4.39 Å². The van der Waals surface area contributed by atoms with Gasteiger partial charge in [-0.05, 0) is 54.3 Å². The van der Waals surface area contributed by atoms with Crippen molar-refractivity contribution in [2.45, 2.75) is 39.4 Å². The first kappa shape index (κ1) is 25.6. The molecule has 2 aromatic heterocycles. The van der Waals surface area contributed by atoms with Crippen LogP contribution in [0.5, 0.6) is 0 Å². The number of rotatable bonds is 9. The molecule has 0 aliphatic heterocycles. The smallest absolute Gasteiger partial charge is 0.262 e. The van der Waals surface area contributed by atoms with Crippen LogP contribution in [0.15, 0.2) is 52.4 Å². The van der Waals surface area contributed by atoms with Gasteiger partial charge in [0.25, 0.3) is 11.5 Å². The summed E-state index contributed by atoms with van der Waals surface area (Å²) in [6.45, 7) is 8.99. The second-order valence-electron chi connectivity index (χ2n) is 9.48. The molecule has 10 heteroatoms. The Labute approximate surface area is 211 Å². The lowest BCUT2D eigenvalue weighted by Gasteiger charge is -2.14. The standard InChI is InChI=1S/C26H28FN5O3S/c1-15(2)12-28-23(34)18-7-10-20-21(11-18)32-25(31(24(20)35)13-16(3)4)29-30-26(32)36-14-22(33)17-5-8-19(27)9-6-17/h5-11,15-16H,12-14H2,1-4H3,(H,28,34). The molecule has 0 spiro atoms. The van der Waals surface area contributed by atoms with Gasteiger partial charge in [0.2, 0.25) is 5.78 Å². The average Bonchev–Trinajstić information content (AvgIpc) is 3.27. The number of aromatic nitrogens is 4. The molecule has 0 bridgehead atoms. The second kappa shape index (κ2) is 10.6. The van der Waals surface area contributed by atoms with E-state index in [4.69, 9.17) is 0 Å². The average molecular weight is 510 g/mol. The Balaban J connectivity index is 1.79. The zero-order valence-corrected chi connectivity index (χ0v) is 21.4. The van der Waals surface area contributed by atoms with Crippen molar-refractivity contribution in [1.29, 1.82) is 0 Å². The molecule has 2 heterocycles. The van der Waals surface area contributed by atoms with Crippen LogP contribution in [0.1, 0.15) is 48.4 Å². The largest absolute Gasteiger partial charge is 0.352 e. The number of Topliss-reactive ketones (excluding diaryl/α,β-unsaturated/α-hetero) is 1. The van der Waals surface area contributed by atoms with Gasteiger partial charge in [-0.2, -0.15) is 0 Å². The summed E-state index contributed by atoms with van der Waals surface area (Å²) in [5, 5.41) is 12.3. The van der Waals surface area contributed by atoms with E-state index in [1.165, 1.54) is 36.0 Å². The number of ketones is 1. The maximum atomic E-state index is 13.4. The van der Waals surface area contributed by atoms with E-state index < -0.39 is 5.82 Å². The Morgan fingerprint density at radius 3 is 2.36 bits per heavy atom. The maximum Gasteiger partial charge on any atom is 0.262 e. The van der Waals surface area contributed by atoms with Crippen molar-refractivity contribution in [3.8, 4) is 0 Å². The van der Waals surface area contributed by atoms with Crippen LogP contribution < -0.4 is 10.9 Å². The lowest BCUT2D eigenvalue weighted by molar-refractivity contribution is 0.0948. The molecule has 0 saturated carbocycles. The Hall–Kier alpha value is -3.53. The fourth-order valence-electron chi connectivity index (χ4n) is 3.79. The van der Waals surface area contributed by atoms with Crippen LogP contribution in [-0.2, 0) is 6.54 Å². The number of nitrogens with one attached hydrogen (secondary N) is 1. The van der Waals surface area contributed by atoms with Crippen LogP contribution in [-0.4, -0.2) is 43.2 Å². The van der Waals surface area contributed by atoms with Gasteiger partial charge in [0.15, 0.2) is 10.9 Å². The zero-order chi connectivity index (χ0) is 26.0. The third kappa shape index (κ3) is 5.33. The summed E-state index contributed by atoms with van der Waals surface area (Å²) in [6, 6.07) is 10.3. The summed E-state index contributed by atoms with van der Waals surface area (Å²) in [6.07, 6.45) is 0. The highest BCUT2D eigenvalue weighted by atomic mass is 32.2. The Bertz CT molecular complexity index is 1490. The lowest BCUT2D eigenvalue weighted by Crippen LogP contribution is -2.28.